The predicted octanol–water partition coefficient (Wildman–Crippen LogP) is 11.8. The van der Waals surface area contributed by atoms with E-state index in [1.54, 1.807) is 0 Å². The Morgan fingerprint density at radius 2 is 1.02 bits per heavy atom. The van der Waals surface area contributed by atoms with Crippen molar-refractivity contribution < 1.29 is 37.6 Å². The number of carbonyl (C=O) groups excluding carboxylic acids is 2. The topological polar surface area (TPSA) is 134 Å². The Bertz CT molecular complexity index is 954. The summed E-state index contributed by atoms with van der Waals surface area (Å²) in [6.07, 6.45) is 41.7. The van der Waals surface area contributed by atoms with Crippen LogP contribution in [0.5, 0.6) is 0 Å². The van der Waals surface area contributed by atoms with Gasteiger partial charge in [0.05, 0.1) is 13.2 Å². The summed E-state index contributed by atoms with van der Waals surface area (Å²) >= 11 is 0. The molecule has 3 N–H and O–H groups in total. The van der Waals surface area contributed by atoms with Gasteiger partial charge in [-0.15, -0.1) is 0 Å². The van der Waals surface area contributed by atoms with Gasteiger partial charge in [0.25, 0.3) is 0 Å². The van der Waals surface area contributed by atoms with Crippen molar-refractivity contribution in [1.29, 1.82) is 0 Å². The highest BCUT2D eigenvalue weighted by Gasteiger charge is 2.26. The van der Waals surface area contributed by atoms with E-state index >= 15 is 0 Å². The molecule has 0 amide bonds. The van der Waals surface area contributed by atoms with Gasteiger partial charge in [0, 0.05) is 19.4 Å². The van der Waals surface area contributed by atoms with E-state index in [9.17, 15) is 19.0 Å². The molecular weight excluding hydrogens is 677 g/mol. The lowest BCUT2D eigenvalue weighted by Gasteiger charge is -2.19. The second kappa shape index (κ2) is 38.9. The summed E-state index contributed by atoms with van der Waals surface area (Å²) in [5.74, 6) is -0.846. The van der Waals surface area contributed by atoms with Gasteiger partial charge in [-0.2, -0.15) is 0 Å². The highest BCUT2D eigenvalue weighted by Crippen LogP contribution is 2.43. The fraction of sp³-hybridized carbons (Fsp3) is 0.810. The Balaban J connectivity index is 4.17. The number of ether oxygens (including phenoxy) is 2. The zero-order valence-electron chi connectivity index (χ0n) is 33.3. The molecule has 52 heavy (non-hydrogen) atoms. The zero-order chi connectivity index (χ0) is 38.2. The van der Waals surface area contributed by atoms with Crippen LogP contribution in [-0.2, 0) is 32.7 Å². The summed E-state index contributed by atoms with van der Waals surface area (Å²) in [5, 5.41) is 0. The molecule has 304 valence electrons. The Kier molecular flexibility index (Phi) is 37.6. The van der Waals surface area contributed by atoms with Crippen molar-refractivity contribution in [2.24, 2.45) is 5.73 Å². The largest absolute Gasteiger partial charge is 0.472 e. The van der Waals surface area contributed by atoms with Crippen LogP contribution in [0.15, 0.2) is 36.5 Å². The molecule has 10 heteroatoms. The first-order chi connectivity index (χ1) is 25.3. The van der Waals surface area contributed by atoms with Crippen molar-refractivity contribution in [1.82, 2.24) is 0 Å². The van der Waals surface area contributed by atoms with Crippen LogP contribution in [0.1, 0.15) is 187 Å². The number of nitrogens with two attached hydrogens (primary N) is 1. The first-order valence-electron chi connectivity index (χ1n) is 21.0. The molecule has 9 nitrogen and oxygen atoms in total. The standard InChI is InChI=1S/C42H78NO8P/c1-3-5-7-9-11-13-15-17-19-20-21-23-24-26-28-30-32-34-41(44)48-38-40(39-50-52(46,47)49-37-36-43)51-42(45)35-33-31-29-27-25-22-18-16-14-12-10-8-6-4-2/h10,12-13,15-16,18,40H,3-9,11,14,17,19-39,43H2,1-2H3,(H,46,47)/b12-10+,15-13+,18-16+/t40-/m1/s1. The van der Waals surface area contributed by atoms with E-state index in [-0.39, 0.29) is 38.6 Å². The van der Waals surface area contributed by atoms with E-state index in [1.807, 2.05) is 0 Å². The quantitative estimate of drug-likeness (QED) is 0.0272. The molecule has 0 aliphatic carbocycles. The van der Waals surface area contributed by atoms with Gasteiger partial charge < -0.3 is 20.1 Å². The maximum absolute atomic E-state index is 12.5. The van der Waals surface area contributed by atoms with Crippen LogP contribution in [0.25, 0.3) is 0 Å². The monoisotopic (exact) mass is 756 g/mol. The minimum absolute atomic E-state index is 0.0504. The Morgan fingerprint density at radius 1 is 0.577 bits per heavy atom. The van der Waals surface area contributed by atoms with Gasteiger partial charge in [-0.3, -0.25) is 18.6 Å². The van der Waals surface area contributed by atoms with Crippen LogP contribution in [0.2, 0.25) is 0 Å². The molecule has 1 unspecified atom stereocenters. The number of carbonyl (C=O) groups is 2. The van der Waals surface area contributed by atoms with E-state index in [0.29, 0.717) is 6.42 Å². The lowest BCUT2D eigenvalue weighted by atomic mass is 10.1. The number of hydrogen-bond donors (Lipinski definition) is 2. The molecule has 0 heterocycles. The maximum Gasteiger partial charge on any atom is 0.472 e. The van der Waals surface area contributed by atoms with E-state index in [1.165, 1.54) is 89.9 Å². The SMILES string of the molecule is CCCC/C=C/C/C=C/CCCCCCCC(=O)O[C@H](COC(=O)CCCCCCCCCCC/C=C/CCCCCC)COP(=O)(O)OCCN. The third kappa shape index (κ3) is 38.0. The van der Waals surface area contributed by atoms with E-state index in [4.69, 9.17) is 24.3 Å². The first kappa shape index (κ1) is 50.2. The number of phosphoric ester groups is 1. The molecule has 0 aliphatic heterocycles. The second-order valence-electron chi connectivity index (χ2n) is 13.8. The van der Waals surface area contributed by atoms with Crippen molar-refractivity contribution >= 4 is 19.8 Å². The molecule has 0 aromatic carbocycles. The van der Waals surface area contributed by atoms with Gasteiger partial charge in [-0.05, 0) is 64.2 Å². The third-order valence-corrected chi connectivity index (χ3v) is 9.73. The molecule has 0 saturated heterocycles. The normalized spacial score (nSPS) is 13.7. The average molecular weight is 756 g/mol. The Hall–Kier alpha value is -1.77. The molecule has 0 aromatic rings. The number of allylic oxidation sites excluding steroid dienone is 6. The van der Waals surface area contributed by atoms with Crippen molar-refractivity contribution in [2.45, 2.75) is 193 Å². The molecule has 2 atom stereocenters. The number of unbranched alkanes of at least 4 members (excludes halogenated alkanes) is 20. The highest BCUT2D eigenvalue weighted by atomic mass is 31.2. The fourth-order valence-corrected chi connectivity index (χ4v) is 6.35. The summed E-state index contributed by atoms with van der Waals surface area (Å²) < 4.78 is 32.7. The highest BCUT2D eigenvalue weighted by molar-refractivity contribution is 7.47. The summed E-state index contributed by atoms with van der Waals surface area (Å²) in [7, 11) is -4.38. The predicted molar refractivity (Wildman–Crippen MR) is 215 cm³/mol. The van der Waals surface area contributed by atoms with Crippen LogP contribution in [0.3, 0.4) is 0 Å². The van der Waals surface area contributed by atoms with Gasteiger partial charge in [0.15, 0.2) is 6.10 Å². The summed E-state index contributed by atoms with van der Waals surface area (Å²) in [5.41, 5.74) is 5.34. The number of esters is 2. The molecule has 0 rings (SSSR count). The molecule has 0 bridgehead atoms. The third-order valence-electron chi connectivity index (χ3n) is 8.75. The van der Waals surface area contributed by atoms with Gasteiger partial charge in [0.1, 0.15) is 6.61 Å². The molecule has 0 fully saturated rings. The number of phosphoric acid groups is 1. The first-order valence-corrected chi connectivity index (χ1v) is 22.5. The molecule has 0 saturated carbocycles. The molecule has 0 aromatic heterocycles. The van der Waals surface area contributed by atoms with Gasteiger partial charge in [-0.1, -0.05) is 147 Å². The fourth-order valence-electron chi connectivity index (χ4n) is 5.59. The van der Waals surface area contributed by atoms with Crippen LogP contribution in [-0.4, -0.2) is 49.3 Å². The molecule has 0 aliphatic rings. The van der Waals surface area contributed by atoms with E-state index < -0.39 is 26.5 Å². The van der Waals surface area contributed by atoms with Crippen LogP contribution in [0, 0.1) is 0 Å². The maximum atomic E-state index is 12.5. The average Bonchev–Trinajstić information content (AvgIpc) is 3.13. The zero-order valence-corrected chi connectivity index (χ0v) is 34.2. The Labute approximate surface area is 318 Å². The Morgan fingerprint density at radius 3 is 1.54 bits per heavy atom. The minimum Gasteiger partial charge on any atom is -0.462 e. The smallest absolute Gasteiger partial charge is 0.462 e. The molecule has 0 radical (unpaired) electrons. The van der Waals surface area contributed by atoms with Crippen molar-refractivity contribution in [2.75, 3.05) is 26.4 Å². The lowest BCUT2D eigenvalue weighted by Crippen LogP contribution is -2.29. The van der Waals surface area contributed by atoms with Crippen LogP contribution in [0.4, 0.5) is 0 Å². The molecular formula is C42H78NO8P. The number of hydrogen-bond acceptors (Lipinski definition) is 8. The van der Waals surface area contributed by atoms with Crippen molar-refractivity contribution in [3.8, 4) is 0 Å². The minimum atomic E-state index is -4.38. The second-order valence-corrected chi connectivity index (χ2v) is 15.3. The summed E-state index contributed by atoms with van der Waals surface area (Å²) in [6.45, 7) is 3.66. The van der Waals surface area contributed by atoms with Crippen molar-refractivity contribution in [3.63, 3.8) is 0 Å². The van der Waals surface area contributed by atoms with E-state index in [0.717, 1.165) is 64.2 Å². The van der Waals surface area contributed by atoms with Crippen LogP contribution >= 0.6 is 7.82 Å². The van der Waals surface area contributed by atoms with Gasteiger partial charge in [-0.25, -0.2) is 4.57 Å². The van der Waals surface area contributed by atoms with Gasteiger partial charge in [0.2, 0.25) is 0 Å². The summed E-state index contributed by atoms with van der Waals surface area (Å²) in [4.78, 5) is 34.8. The summed E-state index contributed by atoms with van der Waals surface area (Å²) in [6, 6.07) is 0. The molecule has 0 spiro atoms. The van der Waals surface area contributed by atoms with Crippen LogP contribution < -0.4 is 5.73 Å². The van der Waals surface area contributed by atoms with Gasteiger partial charge >= 0.3 is 19.8 Å². The number of rotatable bonds is 39. The van der Waals surface area contributed by atoms with Crippen molar-refractivity contribution in [3.05, 3.63) is 36.5 Å². The van der Waals surface area contributed by atoms with E-state index in [2.05, 4.69) is 50.3 Å². The lowest BCUT2D eigenvalue weighted by molar-refractivity contribution is -0.161.